The molecule has 0 saturated carbocycles. The van der Waals surface area contributed by atoms with Crippen LogP contribution in [0.25, 0.3) is 0 Å². The average Bonchev–Trinajstić information content (AvgIpc) is 2.97. The molecule has 20 heavy (non-hydrogen) atoms. The van der Waals surface area contributed by atoms with E-state index in [9.17, 15) is 0 Å². The predicted octanol–water partition coefficient (Wildman–Crippen LogP) is 2.53. The monoisotopic (exact) mass is 309 g/mol. The molecule has 2 aromatic rings. The fourth-order valence-corrected chi connectivity index (χ4v) is 3.27. The molecule has 5 nitrogen and oxygen atoms in total. The first-order valence-corrected chi connectivity index (χ1v) is 7.81. The van der Waals surface area contributed by atoms with E-state index in [-0.39, 0.29) is 0 Å². The zero-order valence-electron chi connectivity index (χ0n) is 11.5. The number of piperazine rings is 1. The van der Waals surface area contributed by atoms with Gasteiger partial charge in [-0.25, -0.2) is 15.0 Å². The average molecular weight is 310 g/mol. The lowest BCUT2D eigenvalue weighted by Gasteiger charge is -2.36. The summed E-state index contributed by atoms with van der Waals surface area (Å²) in [6, 6.07) is 0. The van der Waals surface area contributed by atoms with Gasteiger partial charge in [-0.1, -0.05) is 11.6 Å². The molecular formula is C13H16ClN5S. The van der Waals surface area contributed by atoms with Crippen LogP contribution in [0.15, 0.2) is 11.6 Å². The van der Waals surface area contributed by atoms with Crippen molar-refractivity contribution in [2.45, 2.75) is 13.8 Å². The third-order valence-corrected chi connectivity index (χ3v) is 4.64. The number of aryl methyl sites for hydroxylation is 1. The van der Waals surface area contributed by atoms with E-state index >= 15 is 0 Å². The first-order valence-electron chi connectivity index (χ1n) is 6.55. The van der Waals surface area contributed by atoms with Gasteiger partial charge in [-0.3, -0.25) is 0 Å². The first-order chi connectivity index (χ1) is 9.65. The van der Waals surface area contributed by atoms with Crippen molar-refractivity contribution >= 4 is 33.9 Å². The minimum absolute atomic E-state index is 0.551. The number of anilines is 2. The van der Waals surface area contributed by atoms with Crippen molar-refractivity contribution < 1.29 is 0 Å². The highest BCUT2D eigenvalue weighted by molar-refractivity contribution is 7.13. The molecule has 2 aromatic heterocycles. The quantitative estimate of drug-likeness (QED) is 0.798. The maximum Gasteiger partial charge on any atom is 0.185 e. The van der Waals surface area contributed by atoms with Crippen LogP contribution in [0.4, 0.5) is 10.9 Å². The molecule has 0 bridgehead atoms. The van der Waals surface area contributed by atoms with Crippen LogP contribution in [0.5, 0.6) is 0 Å². The molecule has 1 aliphatic heterocycles. The normalized spacial score (nSPS) is 15.8. The molecular weight excluding hydrogens is 294 g/mol. The Morgan fingerprint density at radius 2 is 1.80 bits per heavy atom. The van der Waals surface area contributed by atoms with Crippen LogP contribution in [0.2, 0.25) is 5.15 Å². The van der Waals surface area contributed by atoms with Crippen LogP contribution in [-0.2, 0) is 0 Å². The third-order valence-electron chi connectivity index (χ3n) is 3.44. The summed E-state index contributed by atoms with van der Waals surface area (Å²) in [5.41, 5.74) is 0.958. The van der Waals surface area contributed by atoms with Gasteiger partial charge in [-0.05, 0) is 13.8 Å². The van der Waals surface area contributed by atoms with Crippen LogP contribution in [0, 0.1) is 13.8 Å². The summed E-state index contributed by atoms with van der Waals surface area (Å²) in [4.78, 5) is 17.7. The molecule has 1 saturated heterocycles. The van der Waals surface area contributed by atoms with Crippen LogP contribution in [0.1, 0.15) is 11.4 Å². The maximum absolute atomic E-state index is 6.15. The Balaban J connectivity index is 1.75. The molecule has 1 aliphatic rings. The van der Waals surface area contributed by atoms with E-state index in [4.69, 9.17) is 11.6 Å². The molecule has 106 valence electrons. The zero-order chi connectivity index (χ0) is 14.1. The number of thiazole rings is 1. The summed E-state index contributed by atoms with van der Waals surface area (Å²) in [5, 5.41) is 3.66. The van der Waals surface area contributed by atoms with Crippen molar-refractivity contribution in [3.8, 4) is 0 Å². The van der Waals surface area contributed by atoms with E-state index in [1.165, 1.54) is 0 Å². The van der Waals surface area contributed by atoms with E-state index < -0.39 is 0 Å². The number of aromatic nitrogens is 3. The standard InChI is InChI=1S/C13H16ClN5S/c1-9-11(14)16-10(2)17-12(9)18-4-6-19(7-5-18)13-15-3-8-20-13/h3,8H,4-7H2,1-2H3. The fourth-order valence-electron chi connectivity index (χ4n) is 2.37. The third kappa shape index (κ3) is 2.58. The first kappa shape index (κ1) is 13.6. The van der Waals surface area contributed by atoms with Gasteiger partial charge >= 0.3 is 0 Å². The Morgan fingerprint density at radius 1 is 1.10 bits per heavy atom. The van der Waals surface area contributed by atoms with Crippen LogP contribution < -0.4 is 9.80 Å². The zero-order valence-corrected chi connectivity index (χ0v) is 13.1. The molecule has 3 rings (SSSR count). The molecule has 0 aliphatic carbocycles. The smallest absolute Gasteiger partial charge is 0.185 e. The molecule has 0 N–H and O–H groups in total. The molecule has 1 fully saturated rings. The Hall–Kier alpha value is -1.40. The number of hydrogen-bond acceptors (Lipinski definition) is 6. The Bertz CT molecular complexity index is 593. The molecule has 0 unspecified atom stereocenters. The van der Waals surface area contributed by atoms with Crippen molar-refractivity contribution in [2.75, 3.05) is 36.0 Å². The summed E-state index contributed by atoms with van der Waals surface area (Å²) in [5.74, 6) is 1.68. The Kier molecular flexibility index (Phi) is 3.76. The van der Waals surface area contributed by atoms with Gasteiger partial charge < -0.3 is 9.80 Å². The highest BCUT2D eigenvalue weighted by Crippen LogP contribution is 2.26. The summed E-state index contributed by atoms with van der Waals surface area (Å²) in [6.07, 6.45) is 1.85. The van der Waals surface area contributed by atoms with Crippen LogP contribution in [-0.4, -0.2) is 41.1 Å². The van der Waals surface area contributed by atoms with E-state index in [1.807, 2.05) is 25.4 Å². The van der Waals surface area contributed by atoms with Gasteiger partial charge in [0, 0.05) is 43.3 Å². The lowest BCUT2D eigenvalue weighted by atomic mass is 10.2. The Morgan fingerprint density at radius 3 is 2.45 bits per heavy atom. The summed E-state index contributed by atoms with van der Waals surface area (Å²) in [7, 11) is 0. The van der Waals surface area contributed by atoms with Crippen molar-refractivity contribution in [1.82, 2.24) is 15.0 Å². The van der Waals surface area contributed by atoms with Crippen molar-refractivity contribution in [3.63, 3.8) is 0 Å². The molecule has 7 heteroatoms. The van der Waals surface area contributed by atoms with Gasteiger partial charge in [0.1, 0.15) is 16.8 Å². The van der Waals surface area contributed by atoms with Gasteiger partial charge in [0.25, 0.3) is 0 Å². The predicted molar refractivity (Wildman–Crippen MR) is 83.1 cm³/mol. The summed E-state index contributed by atoms with van der Waals surface area (Å²) >= 11 is 7.84. The number of nitrogens with zero attached hydrogens (tertiary/aromatic N) is 5. The SMILES string of the molecule is Cc1nc(Cl)c(C)c(N2CCN(c3nccs3)CC2)n1. The lowest BCUT2D eigenvalue weighted by molar-refractivity contribution is 0.642. The minimum atomic E-state index is 0.551. The van der Waals surface area contributed by atoms with Gasteiger partial charge in [0.2, 0.25) is 0 Å². The second-order valence-electron chi connectivity index (χ2n) is 4.80. The Labute approximate surface area is 127 Å². The van der Waals surface area contributed by atoms with E-state index in [2.05, 4.69) is 24.8 Å². The molecule has 0 radical (unpaired) electrons. The molecule has 0 aromatic carbocycles. The number of hydrogen-bond donors (Lipinski definition) is 0. The van der Waals surface area contributed by atoms with Gasteiger partial charge in [-0.15, -0.1) is 11.3 Å². The topological polar surface area (TPSA) is 45.2 Å². The van der Waals surface area contributed by atoms with Gasteiger partial charge in [0.05, 0.1) is 0 Å². The lowest BCUT2D eigenvalue weighted by Crippen LogP contribution is -2.47. The maximum atomic E-state index is 6.15. The van der Waals surface area contributed by atoms with Crippen LogP contribution in [0.3, 0.4) is 0 Å². The number of halogens is 1. The number of rotatable bonds is 2. The van der Waals surface area contributed by atoms with Gasteiger partial charge in [0.15, 0.2) is 5.13 Å². The van der Waals surface area contributed by atoms with Gasteiger partial charge in [-0.2, -0.15) is 0 Å². The summed E-state index contributed by atoms with van der Waals surface area (Å²) in [6.45, 7) is 7.60. The highest BCUT2D eigenvalue weighted by Gasteiger charge is 2.22. The highest BCUT2D eigenvalue weighted by atomic mass is 35.5. The largest absolute Gasteiger partial charge is 0.353 e. The second-order valence-corrected chi connectivity index (χ2v) is 6.03. The fraction of sp³-hybridized carbons (Fsp3) is 0.462. The summed E-state index contributed by atoms with van der Waals surface area (Å²) < 4.78 is 0. The minimum Gasteiger partial charge on any atom is -0.353 e. The molecule has 3 heterocycles. The van der Waals surface area contributed by atoms with E-state index in [1.54, 1.807) is 11.3 Å². The molecule has 0 spiro atoms. The van der Waals surface area contributed by atoms with Crippen molar-refractivity contribution in [3.05, 3.63) is 28.1 Å². The molecule has 0 atom stereocenters. The van der Waals surface area contributed by atoms with Crippen molar-refractivity contribution in [1.29, 1.82) is 0 Å². The molecule has 0 amide bonds. The van der Waals surface area contributed by atoms with E-state index in [0.29, 0.717) is 5.15 Å². The van der Waals surface area contributed by atoms with Crippen LogP contribution >= 0.6 is 22.9 Å². The second kappa shape index (κ2) is 5.54. The van der Waals surface area contributed by atoms with Crippen molar-refractivity contribution in [2.24, 2.45) is 0 Å². The van der Waals surface area contributed by atoms with E-state index in [0.717, 1.165) is 48.5 Å².